The summed E-state index contributed by atoms with van der Waals surface area (Å²) < 4.78 is 15.1. The number of halogens is 1. The molecule has 2 rings (SSSR count). The first-order valence-electron chi connectivity index (χ1n) is 9.49. The molecule has 154 valence electrons. The number of nitrogens with one attached hydrogen (secondary N) is 2. The topological polar surface area (TPSA) is 90.2 Å². The summed E-state index contributed by atoms with van der Waals surface area (Å²) in [4.78, 5) is 26.2. The number of hydrogen-bond donors (Lipinski definition) is 2. The monoisotopic (exact) mass is 399 g/mol. The second-order valence-electron chi connectivity index (χ2n) is 6.66. The van der Waals surface area contributed by atoms with E-state index in [0.717, 1.165) is 11.3 Å². The second-order valence-corrected chi connectivity index (χ2v) is 6.66. The average molecular weight is 399 g/mol. The minimum Gasteiger partial charge on any atom is -0.355 e. The molecular weight excluding hydrogens is 373 g/mol. The molecule has 2 aromatic rings. The largest absolute Gasteiger partial charge is 0.355 e. The third-order valence-electron chi connectivity index (χ3n) is 4.72. The number of aromatic nitrogens is 1. The minimum atomic E-state index is -0.370. The van der Waals surface area contributed by atoms with Gasteiger partial charge in [0.2, 0.25) is 11.8 Å². The Bertz CT molecular complexity index is 928. The smallest absolute Gasteiger partial charge is 0.239 e. The summed E-state index contributed by atoms with van der Waals surface area (Å²) in [5.74, 6) is -0.520. The van der Waals surface area contributed by atoms with Crippen LogP contribution >= 0.6 is 0 Å². The molecule has 0 saturated heterocycles. The lowest BCUT2D eigenvalue weighted by atomic mass is 10.2. The van der Waals surface area contributed by atoms with Crippen molar-refractivity contribution in [3.05, 3.63) is 46.9 Å². The number of likely N-dealkylation sites (N-methyl/N-ethyl adjacent to an activating group) is 2. The maximum Gasteiger partial charge on any atom is 0.239 e. The van der Waals surface area contributed by atoms with E-state index in [-0.39, 0.29) is 30.7 Å². The standard InChI is InChI=1S/C21H26FN5O2/c1-5-24-19(28)12-26(6-2)13-20(29)25-21-18(11-23)14(3)15(4)27(21)17-9-7-16(22)8-10-17/h7-10H,5-6,12-13H2,1-4H3,(H,24,28)(H,25,29). The number of amides is 2. The van der Waals surface area contributed by atoms with Crippen molar-refractivity contribution in [3.8, 4) is 11.8 Å². The first kappa shape index (κ1) is 22.1. The van der Waals surface area contributed by atoms with E-state index in [2.05, 4.69) is 16.7 Å². The summed E-state index contributed by atoms with van der Waals surface area (Å²) >= 11 is 0. The molecule has 1 aromatic heterocycles. The SMILES string of the molecule is CCNC(=O)CN(CC)CC(=O)Nc1c(C#N)c(C)c(C)n1-c1ccc(F)cc1. The van der Waals surface area contributed by atoms with Gasteiger partial charge in [0, 0.05) is 17.9 Å². The number of carbonyl (C=O) groups is 2. The quantitative estimate of drug-likeness (QED) is 0.714. The van der Waals surface area contributed by atoms with Crippen molar-refractivity contribution in [2.45, 2.75) is 27.7 Å². The van der Waals surface area contributed by atoms with Gasteiger partial charge in [-0.25, -0.2) is 4.39 Å². The third-order valence-corrected chi connectivity index (χ3v) is 4.72. The molecule has 1 heterocycles. The molecule has 0 radical (unpaired) electrons. The van der Waals surface area contributed by atoms with Crippen LogP contribution < -0.4 is 10.6 Å². The van der Waals surface area contributed by atoms with E-state index in [1.807, 2.05) is 20.8 Å². The fourth-order valence-electron chi connectivity index (χ4n) is 3.08. The molecule has 8 heteroatoms. The van der Waals surface area contributed by atoms with Gasteiger partial charge in [0.05, 0.1) is 18.7 Å². The second kappa shape index (κ2) is 9.85. The van der Waals surface area contributed by atoms with Crippen molar-refractivity contribution in [3.63, 3.8) is 0 Å². The van der Waals surface area contributed by atoms with Crippen LogP contribution in [-0.4, -0.2) is 47.5 Å². The Hall–Kier alpha value is -3.18. The first-order valence-corrected chi connectivity index (χ1v) is 9.49. The molecule has 0 aliphatic carbocycles. The lowest BCUT2D eigenvalue weighted by molar-refractivity contribution is -0.123. The third kappa shape index (κ3) is 5.21. The normalized spacial score (nSPS) is 10.7. The molecule has 0 fully saturated rings. The van der Waals surface area contributed by atoms with Crippen LogP contribution in [0.3, 0.4) is 0 Å². The molecular formula is C21H26FN5O2. The van der Waals surface area contributed by atoms with Crippen LogP contribution in [0, 0.1) is 31.0 Å². The summed E-state index contributed by atoms with van der Waals surface area (Å²) in [6.45, 7) is 8.50. The van der Waals surface area contributed by atoms with Gasteiger partial charge in [0.1, 0.15) is 17.7 Å². The molecule has 0 unspecified atom stereocenters. The van der Waals surface area contributed by atoms with Crippen LogP contribution in [0.25, 0.3) is 5.69 Å². The highest BCUT2D eigenvalue weighted by molar-refractivity contribution is 5.94. The number of nitrogens with zero attached hydrogens (tertiary/aromatic N) is 3. The fourth-order valence-corrected chi connectivity index (χ4v) is 3.08. The molecule has 29 heavy (non-hydrogen) atoms. The van der Waals surface area contributed by atoms with E-state index in [1.165, 1.54) is 12.1 Å². The maximum atomic E-state index is 13.3. The Balaban J connectivity index is 2.30. The van der Waals surface area contributed by atoms with Crippen LogP contribution in [0.2, 0.25) is 0 Å². The number of benzene rings is 1. The van der Waals surface area contributed by atoms with Crippen LogP contribution in [-0.2, 0) is 9.59 Å². The van der Waals surface area contributed by atoms with E-state index < -0.39 is 0 Å². The molecule has 0 aliphatic rings. The predicted molar refractivity (Wildman–Crippen MR) is 109 cm³/mol. The predicted octanol–water partition coefficient (Wildman–Crippen LogP) is 2.50. The van der Waals surface area contributed by atoms with Crippen molar-refractivity contribution in [1.29, 1.82) is 5.26 Å². The zero-order valence-corrected chi connectivity index (χ0v) is 17.2. The number of anilines is 1. The Morgan fingerprint density at radius 3 is 2.31 bits per heavy atom. The summed E-state index contributed by atoms with van der Waals surface area (Å²) in [6.07, 6.45) is 0. The molecule has 1 aromatic carbocycles. The number of hydrogen-bond acceptors (Lipinski definition) is 4. The van der Waals surface area contributed by atoms with Crippen molar-refractivity contribution in [1.82, 2.24) is 14.8 Å². The molecule has 2 amide bonds. The van der Waals surface area contributed by atoms with Crippen molar-refractivity contribution < 1.29 is 14.0 Å². The molecule has 7 nitrogen and oxygen atoms in total. The van der Waals surface area contributed by atoms with Gasteiger partial charge in [-0.3, -0.25) is 19.1 Å². The molecule has 2 N–H and O–H groups in total. The van der Waals surface area contributed by atoms with Crippen LogP contribution in [0.1, 0.15) is 30.7 Å². The highest BCUT2D eigenvalue weighted by atomic mass is 19.1. The highest BCUT2D eigenvalue weighted by Crippen LogP contribution is 2.30. The van der Waals surface area contributed by atoms with Gasteiger partial charge < -0.3 is 10.6 Å². The molecule has 0 saturated carbocycles. The number of rotatable bonds is 8. The molecule has 0 atom stereocenters. The maximum absolute atomic E-state index is 13.3. The van der Waals surface area contributed by atoms with E-state index in [9.17, 15) is 19.2 Å². The zero-order valence-electron chi connectivity index (χ0n) is 17.2. The van der Waals surface area contributed by atoms with Gasteiger partial charge in [0.25, 0.3) is 0 Å². The summed E-state index contributed by atoms with van der Waals surface area (Å²) in [7, 11) is 0. The Morgan fingerprint density at radius 1 is 1.14 bits per heavy atom. The van der Waals surface area contributed by atoms with E-state index >= 15 is 0 Å². The van der Waals surface area contributed by atoms with Crippen molar-refractivity contribution in [2.75, 3.05) is 31.5 Å². The van der Waals surface area contributed by atoms with Crippen molar-refractivity contribution in [2.24, 2.45) is 0 Å². The van der Waals surface area contributed by atoms with Gasteiger partial charge in [0.15, 0.2) is 0 Å². The number of nitriles is 1. The lowest BCUT2D eigenvalue weighted by Crippen LogP contribution is -2.41. The van der Waals surface area contributed by atoms with E-state index in [4.69, 9.17) is 0 Å². The van der Waals surface area contributed by atoms with Gasteiger partial charge in [-0.05, 0) is 57.1 Å². The first-order chi connectivity index (χ1) is 13.8. The summed E-state index contributed by atoms with van der Waals surface area (Å²) in [6, 6.07) is 7.97. The molecule has 0 spiro atoms. The van der Waals surface area contributed by atoms with Crippen molar-refractivity contribution >= 4 is 17.6 Å². The minimum absolute atomic E-state index is 0.00515. The lowest BCUT2D eigenvalue weighted by Gasteiger charge is -2.20. The molecule has 0 bridgehead atoms. The van der Waals surface area contributed by atoms with Gasteiger partial charge >= 0.3 is 0 Å². The Morgan fingerprint density at radius 2 is 1.76 bits per heavy atom. The Kier molecular flexibility index (Phi) is 7.51. The highest BCUT2D eigenvalue weighted by Gasteiger charge is 2.22. The zero-order chi connectivity index (χ0) is 21.6. The number of carbonyl (C=O) groups excluding carboxylic acids is 2. The van der Waals surface area contributed by atoms with Crippen LogP contribution in [0.5, 0.6) is 0 Å². The van der Waals surface area contributed by atoms with E-state index in [1.54, 1.807) is 28.5 Å². The summed E-state index contributed by atoms with van der Waals surface area (Å²) in [5.41, 5.74) is 2.50. The summed E-state index contributed by atoms with van der Waals surface area (Å²) in [5, 5.41) is 15.1. The van der Waals surface area contributed by atoms with E-state index in [0.29, 0.717) is 30.2 Å². The van der Waals surface area contributed by atoms with Gasteiger partial charge in [-0.15, -0.1) is 0 Å². The van der Waals surface area contributed by atoms with Gasteiger partial charge in [-0.2, -0.15) is 5.26 Å². The van der Waals surface area contributed by atoms with Gasteiger partial charge in [-0.1, -0.05) is 6.92 Å². The molecule has 0 aliphatic heterocycles. The fraction of sp³-hybridized carbons (Fsp3) is 0.381. The van der Waals surface area contributed by atoms with Crippen LogP contribution in [0.4, 0.5) is 10.2 Å². The van der Waals surface area contributed by atoms with Crippen LogP contribution in [0.15, 0.2) is 24.3 Å². The Labute approximate surface area is 170 Å². The average Bonchev–Trinajstić information content (AvgIpc) is 2.91.